The van der Waals surface area contributed by atoms with E-state index in [0.717, 1.165) is 12.8 Å². The average molecular weight is 240 g/mol. The molecule has 0 heterocycles. The first-order chi connectivity index (χ1) is 7.80. The first-order valence-corrected chi connectivity index (χ1v) is 6.49. The highest BCUT2D eigenvalue weighted by Crippen LogP contribution is 2.39. The number of ketones is 1. The maximum atomic E-state index is 11.4. The third-order valence-electron chi connectivity index (χ3n) is 3.76. The van der Waals surface area contributed by atoms with Gasteiger partial charge in [0.15, 0.2) is 0 Å². The van der Waals surface area contributed by atoms with Gasteiger partial charge in [0.2, 0.25) is 0 Å². The summed E-state index contributed by atoms with van der Waals surface area (Å²) in [5.41, 5.74) is 0.430. The molecule has 1 rings (SSSR count). The smallest absolute Gasteiger partial charge is 0.313 e. The van der Waals surface area contributed by atoms with Gasteiger partial charge >= 0.3 is 5.97 Å². The molecule has 0 spiro atoms. The Balaban J connectivity index is 2.36. The fourth-order valence-electron chi connectivity index (χ4n) is 2.44. The zero-order valence-electron chi connectivity index (χ0n) is 11.4. The molecule has 1 fully saturated rings. The van der Waals surface area contributed by atoms with E-state index in [9.17, 15) is 9.59 Å². The first kappa shape index (κ1) is 14.2. The lowest BCUT2D eigenvalue weighted by atomic mass is 9.72. The van der Waals surface area contributed by atoms with Crippen LogP contribution in [-0.2, 0) is 14.3 Å². The van der Waals surface area contributed by atoms with Gasteiger partial charge in [-0.2, -0.15) is 0 Å². The molecule has 1 atom stereocenters. The van der Waals surface area contributed by atoms with Crippen molar-refractivity contribution in [1.82, 2.24) is 0 Å². The fraction of sp³-hybridized carbons (Fsp3) is 0.857. The predicted octanol–water partition coefficient (Wildman–Crippen LogP) is 3.11. The summed E-state index contributed by atoms with van der Waals surface area (Å²) in [6, 6.07) is 0. The number of hydrogen-bond acceptors (Lipinski definition) is 3. The molecule has 0 radical (unpaired) electrons. The molecular formula is C14H24O3. The molecule has 1 aliphatic carbocycles. The molecule has 0 aromatic carbocycles. The monoisotopic (exact) mass is 240 g/mol. The van der Waals surface area contributed by atoms with Gasteiger partial charge < -0.3 is 4.74 Å². The molecule has 3 heteroatoms. The lowest BCUT2D eigenvalue weighted by Gasteiger charge is -2.36. The summed E-state index contributed by atoms with van der Waals surface area (Å²) in [6.07, 6.45) is 4.45. The Kier molecular flexibility index (Phi) is 4.72. The Morgan fingerprint density at radius 1 is 1.29 bits per heavy atom. The minimum Gasteiger partial charge on any atom is -0.462 e. The summed E-state index contributed by atoms with van der Waals surface area (Å²) in [6.45, 7) is 7.93. The minimum absolute atomic E-state index is 0.0575. The molecule has 0 amide bonds. The lowest BCUT2D eigenvalue weighted by molar-refractivity contribution is -0.153. The topological polar surface area (TPSA) is 43.4 Å². The molecular weight excluding hydrogens is 216 g/mol. The van der Waals surface area contributed by atoms with Crippen molar-refractivity contribution >= 4 is 11.8 Å². The molecule has 0 aliphatic heterocycles. The van der Waals surface area contributed by atoms with Gasteiger partial charge in [0, 0.05) is 0 Å². The molecule has 0 saturated heterocycles. The summed E-state index contributed by atoms with van der Waals surface area (Å²) < 4.78 is 5.31. The summed E-state index contributed by atoms with van der Waals surface area (Å²) in [4.78, 5) is 22.2. The maximum Gasteiger partial charge on any atom is 0.313 e. The van der Waals surface area contributed by atoms with Gasteiger partial charge in [-0.3, -0.25) is 9.59 Å². The van der Waals surface area contributed by atoms with Gasteiger partial charge in [0.1, 0.15) is 18.3 Å². The van der Waals surface area contributed by atoms with Crippen molar-refractivity contribution < 1.29 is 14.3 Å². The van der Waals surface area contributed by atoms with Crippen LogP contribution in [0.15, 0.2) is 0 Å². The van der Waals surface area contributed by atoms with Crippen LogP contribution in [0, 0.1) is 11.3 Å². The van der Waals surface area contributed by atoms with Crippen LogP contribution in [0.5, 0.6) is 0 Å². The van der Waals surface area contributed by atoms with Crippen LogP contribution in [0.4, 0.5) is 0 Å². The number of carbonyl (C=O) groups excluding carboxylic acids is 2. The van der Waals surface area contributed by atoms with Crippen molar-refractivity contribution in [3.63, 3.8) is 0 Å². The zero-order chi connectivity index (χ0) is 13.1. The van der Waals surface area contributed by atoms with Crippen LogP contribution in [0.1, 0.15) is 59.8 Å². The van der Waals surface area contributed by atoms with Gasteiger partial charge in [-0.25, -0.2) is 0 Å². The fourth-order valence-corrected chi connectivity index (χ4v) is 2.44. The molecule has 3 nitrogen and oxygen atoms in total. The predicted molar refractivity (Wildman–Crippen MR) is 66.6 cm³/mol. The van der Waals surface area contributed by atoms with Crippen LogP contribution in [-0.4, -0.2) is 17.9 Å². The normalized spacial score (nSPS) is 21.9. The number of esters is 1. The van der Waals surface area contributed by atoms with Gasteiger partial charge in [-0.1, -0.05) is 13.8 Å². The quantitative estimate of drug-likeness (QED) is 0.560. The molecule has 1 unspecified atom stereocenters. The Morgan fingerprint density at radius 2 is 1.82 bits per heavy atom. The summed E-state index contributed by atoms with van der Waals surface area (Å²) in [7, 11) is 0. The van der Waals surface area contributed by atoms with Crippen molar-refractivity contribution in [3.05, 3.63) is 0 Å². The second-order valence-electron chi connectivity index (χ2n) is 6.08. The SMILES string of the molecule is CC(=O)CC(=O)OC(C)C1CCC(C)(C)CC1. The largest absolute Gasteiger partial charge is 0.462 e. The number of hydrogen-bond donors (Lipinski definition) is 0. The van der Waals surface area contributed by atoms with Crippen molar-refractivity contribution in [3.8, 4) is 0 Å². The first-order valence-electron chi connectivity index (χ1n) is 6.49. The van der Waals surface area contributed by atoms with Crippen LogP contribution < -0.4 is 0 Å². The van der Waals surface area contributed by atoms with E-state index in [2.05, 4.69) is 13.8 Å². The van der Waals surface area contributed by atoms with E-state index in [0.29, 0.717) is 11.3 Å². The standard InChI is InChI=1S/C14H24O3/c1-10(15)9-13(16)17-11(2)12-5-7-14(3,4)8-6-12/h11-12H,5-9H2,1-4H3. The van der Waals surface area contributed by atoms with Gasteiger partial charge in [-0.05, 0) is 50.9 Å². The minimum atomic E-state index is -0.380. The van der Waals surface area contributed by atoms with Gasteiger partial charge in [0.05, 0.1) is 0 Å². The van der Waals surface area contributed by atoms with Crippen LogP contribution >= 0.6 is 0 Å². The highest BCUT2D eigenvalue weighted by atomic mass is 16.5. The molecule has 1 saturated carbocycles. The van der Waals surface area contributed by atoms with Gasteiger partial charge in [-0.15, -0.1) is 0 Å². The molecule has 0 bridgehead atoms. The second-order valence-corrected chi connectivity index (χ2v) is 6.08. The Morgan fingerprint density at radius 3 is 2.29 bits per heavy atom. The van der Waals surface area contributed by atoms with E-state index in [1.165, 1.54) is 19.8 Å². The van der Waals surface area contributed by atoms with Crippen molar-refractivity contribution in [2.75, 3.05) is 0 Å². The molecule has 0 N–H and O–H groups in total. The third kappa shape index (κ3) is 4.88. The average Bonchev–Trinajstić information content (AvgIpc) is 2.15. The van der Waals surface area contributed by atoms with Crippen LogP contribution in [0.2, 0.25) is 0 Å². The maximum absolute atomic E-state index is 11.4. The van der Waals surface area contributed by atoms with E-state index >= 15 is 0 Å². The summed E-state index contributed by atoms with van der Waals surface area (Å²) in [5, 5.41) is 0. The van der Waals surface area contributed by atoms with Crippen molar-refractivity contribution in [2.24, 2.45) is 11.3 Å². The molecule has 98 valence electrons. The molecule has 0 aromatic heterocycles. The highest BCUT2D eigenvalue weighted by Gasteiger charge is 2.31. The highest BCUT2D eigenvalue weighted by molar-refractivity contribution is 5.94. The molecule has 17 heavy (non-hydrogen) atoms. The van der Waals surface area contributed by atoms with Crippen molar-refractivity contribution in [2.45, 2.75) is 65.9 Å². The summed E-state index contributed by atoms with van der Waals surface area (Å²) >= 11 is 0. The van der Waals surface area contributed by atoms with Crippen molar-refractivity contribution in [1.29, 1.82) is 0 Å². The van der Waals surface area contributed by atoms with Gasteiger partial charge in [0.25, 0.3) is 0 Å². The van der Waals surface area contributed by atoms with E-state index in [-0.39, 0.29) is 24.3 Å². The van der Waals surface area contributed by atoms with Crippen LogP contribution in [0.3, 0.4) is 0 Å². The number of rotatable bonds is 4. The Hall–Kier alpha value is -0.860. The molecule has 1 aliphatic rings. The van der Waals surface area contributed by atoms with E-state index in [4.69, 9.17) is 4.74 Å². The number of ether oxygens (including phenoxy) is 1. The van der Waals surface area contributed by atoms with E-state index in [1.54, 1.807) is 0 Å². The third-order valence-corrected chi connectivity index (χ3v) is 3.76. The Bertz CT molecular complexity index is 284. The second kappa shape index (κ2) is 5.65. The summed E-state index contributed by atoms with van der Waals surface area (Å²) in [5.74, 6) is -0.0549. The lowest BCUT2D eigenvalue weighted by Crippen LogP contribution is -2.30. The Labute approximate surface area is 104 Å². The number of Topliss-reactive ketones (excluding diaryl/α,β-unsaturated/α-hetero) is 1. The number of carbonyl (C=O) groups is 2. The van der Waals surface area contributed by atoms with E-state index in [1.807, 2.05) is 6.92 Å². The van der Waals surface area contributed by atoms with E-state index < -0.39 is 0 Å². The van der Waals surface area contributed by atoms with Crippen LogP contribution in [0.25, 0.3) is 0 Å². The zero-order valence-corrected chi connectivity index (χ0v) is 11.4. The molecule has 0 aromatic rings.